The second-order valence-corrected chi connectivity index (χ2v) is 6.98. The number of thiophene rings is 1. The van der Waals surface area contributed by atoms with Crippen molar-refractivity contribution in [2.45, 2.75) is 6.92 Å². The van der Waals surface area contributed by atoms with E-state index < -0.39 is 10.2 Å². The standard InChI is InChI=1S/C10H15N3O3S2/c1-8-2-3-9(17-8)10(14)12-4-6-13(7-5-12)18(11,15)16/h2-3H,4-7H2,1H3,(H2,11,15,16). The lowest BCUT2D eigenvalue weighted by Gasteiger charge is -2.32. The highest BCUT2D eigenvalue weighted by molar-refractivity contribution is 7.86. The molecule has 1 amide bonds. The number of piperazine rings is 1. The van der Waals surface area contributed by atoms with Gasteiger partial charge in [-0.3, -0.25) is 4.79 Å². The van der Waals surface area contributed by atoms with Crippen molar-refractivity contribution in [1.29, 1.82) is 0 Å². The summed E-state index contributed by atoms with van der Waals surface area (Å²) in [4.78, 5) is 15.5. The lowest BCUT2D eigenvalue weighted by atomic mass is 10.3. The van der Waals surface area contributed by atoms with Crippen LogP contribution >= 0.6 is 11.3 Å². The van der Waals surface area contributed by atoms with Gasteiger partial charge in [0.15, 0.2) is 0 Å². The molecular weight excluding hydrogens is 274 g/mol. The van der Waals surface area contributed by atoms with Gasteiger partial charge < -0.3 is 4.90 Å². The van der Waals surface area contributed by atoms with Crippen LogP contribution in [0, 0.1) is 6.92 Å². The van der Waals surface area contributed by atoms with E-state index in [1.54, 1.807) is 11.0 Å². The van der Waals surface area contributed by atoms with E-state index in [0.29, 0.717) is 18.0 Å². The summed E-state index contributed by atoms with van der Waals surface area (Å²) < 4.78 is 23.5. The maximum Gasteiger partial charge on any atom is 0.277 e. The molecule has 1 aliphatic rings. The molecule has 1 fully saturated rings. The Labute approximate surface area is 110 Å². The summed E-state index contributed by atoms with van der Waals surface area (Å²) in [6.07, 6.45) is 0. The van der Waals surface area contributed by atoms with Crippen LogP contribution in [0.3, 0.4) is 0 Å². The maximum absolute atomic E-state index is 12.1. The molecule has 0 spiro atoms. The molecule has 0 radical (unpaired) electrons. The van der Waals surface area contributed by atoms with E-state index in [4.69, 9.17) is 5.14 Å². The number of nitrogens with two attached hydrogens (primary N) is 1. The minimum absolute atomic E-state index is 0.0397. The number of carbonyl (C=O) groups is 1. The van der Waals surface area contributed by atoms with E-state index in [2.05, 4.69) is 0 Å². The zero-order valence-electron chi connectivity index (χ0n) is 10.00. The molecule has 100 valence electrons. The van der Waals surface area contributed by atoms with Crippen LogP contribution in [0.4, 0.5) is 0 Å². The molecular formula is C10H15N3O3S2. The summed E-state index contributed by atoms with van der Waals surface area (Å²) in [6, 6.07) is 3.70. The van der Waals surface area contributed by atoms with Gasteiger partial charge in [0, 0.05) is 31.1 Å². The molecule has 0 atom stereocenters. The van der Waals surface area contributed by atoms with Crippen LogP contribution < -0.4 is 5.14 Å². The average Bonchev–Trinajstić information content (AvgIpc) is 2.74. The molecule has 2 N–H and O–H groups in total. The van der Waals surface area contributed by atoms with E-state index in [1.165, 1.54) is 15.6 Å². The van der Waals surface area contributed by atoms with Gasteiger partial charge in [-0.15, -0.1) is 11.3 Å². The van der Waals surface area contributed by atoms with Crippen LogP contribution in [-0.2, 0) is 10.2 Å². The molecule has 8 heteroatoms. The Morgan fingerprint density at radius 2 is 1.89 bits per heavy atom. The van der Waals surface area contributed by atoms with Crippen molar-refractivity contribution in [2.24, 2.45) is 5.14 Å². The normalized spacial score (nSPS) is 18.0. The van der Waals surface area contributed by atoms with E-state index in [-0.39, 0.29) is 19.0 Å². The second kappa shape index (κ2) is 4.96. The predicted molar refractivity (Wildman–Crippen MR) is 69.6 cm³/mol. The first kappa shape index (κ1) is 13.5. The molecule has 0 aliphatic carbocycles. The first-order chi connectivity index (χ1) is 8.38. The number of amides is 1. The van der Waals surface area contributed by atoms with Crippen molar-refractivity contribution in [3.63, 3.8) is 0 Å². The highest BCUT2D eigenvalue weighted by atomic mass is 32.2. The fraction of sp³-hybridized carbons (Fsp3) is 0.500. The van der Waals surface area contributed by atoms with E-state index in [0.717, 1.165) is 4.88 Å². The van der Waals surface area contributed by atoms with Crippen molar-refractivity contribution in [3.05, 3.63) is 21.9 Å². The van der Waals surface area contributed by atoms with Crippen LogP contribution in [0.2, 0.25) is 0 Å². The molecule has 2 rings (SSSR count). The van der Waals surface area contributed by atoms with Gasteiger partial charge in [-0.2, -0.15) is 12.7 Å². The summed E-state index contributed by atoms with van der Waals surface area (Å²) in [6.45, 7) is 3.22. The minimum atomic E-state index is -3.64. The van der Waals surface area contributed by atoms with Gasteiger partial charge in [0.1, 0.15) is 0 Å². The quantitative estimate of drug-likeness (QED) is 0.833. The first-order valence-electron chi connectivity index (χ1n) is 5.51. The molecule has 0 saturated carbocycles. The fourth-order valence-corrected chi connectivity index (χ4v) is 3.36. The Balaban J connectivity index is 2.00. The third kappa shape index (κ3) is 2.89. The summed E-state index contributed by atoms with van der Waals surface area (Å²) in [5.41, 5.74) is 0. The third-order valence-electron chi connectivity index (χ3n) is 2.84. The smallest absolute Gasteiger partial charge is 0.277 e. The summed E-state index contributed by atoms with van der Waals surface area (Å²) in [5.74, 6) is -0.0397. The highest BCUT2D eigenvalue weighted by Crippen LogP contribution is 2.18. The van der Waals surface area contributed by atoms with Gasteiger partial charge in [-0.05, 0) is 19.1 Å². The molecule has 0 aromatic carbocycles. The molecule has 1 aromatic heterocycles. The predicted octanol–water partition coefficient (Wildman–Crippen LogP) is 0.0178. The number of aryl methyl sites for hydroxylation is 1. The molecule has 6 nitrogen and oxygen atoms in total. The molecule has 1 aliphatic heterocycles. The Morgan fingerprint density at radius 1 is 1.28 bits per heavy atom. The molecule has 18 heavy (non-hydrogen) atoms. The summed E-state index contributed by atoms with van der Waals surface area (Å²) >= 11 is 1.45. The first-order valence-corrected chi connectivity index (χ1v) is 7.83. The van der Waals surface area contributed by atoms with Crippen molar-refractivity contribution in [2.75, 3.05) is 26.2 Å². The van der Waals surface area contributed by atoms with Gasteiger partial charge in [0.25, 0.3) is 16.1 Å². The maximum atomic E-state index is 12.1. The van der Waals surface area contributed by atoms with Crippen molar-refractivity contribution in [3.8, 4) is 0 Å². The Kier molecular flexibility index (Phi) is 3.71. The number of hydrogen-bond donors (Lipinski definition) is 1. The largest absolute Gasteiger partial charge is 0.335 e. The van der Waals surface area contributed by atoms with Gasteiger partial charge in [-0.1, -0.05) is 0 Å². The zero-order chi connectivity index (χ0) is 13.3. The zero-order valence-corrected chi connectivity index (χ0v) is 11.6. The van der Waals surface area contributed by atoms with E-state index in [1.807, 2.05) is 13.0 Å². The third-order valence-corrected chi connectivity index (χ3v) is 4.91. The van der Waals surface area contributed by atoms with Crippen molar-refractivity contribution >= 4 is 27.5 Å². The SMILES string of the molecule is Cc1ccc(C(=O)N2CCN(S(N)(=O)=O)CC2)s1. The summed E-state index contributed by atoms with van der Waals surface area (Å²) in [7, 11) is -3.64. The van der Waals surface area contributed by atoms with Crippen LogP contribution in [-0.4, -0.2) is 49.7 Å². The molecule has 1 saturated heterocycles. The highest BCUT2D eigenvalue weighted by Gasteiger charge is 2.27. The van der Waals surface area contributed by atoms with Crippen molar-refractivity contribution < 1.29 is 13.2 Å². The molecule has 0 bridgehead atoms. The number of nitrogens with zero attached hydrogens (tertiary/aromatic N) is 2. The lowest BCUT2D eigenvalue weighted by molar-refractivity contribution is 0.0703. The lowest BCUT2D eigenvalue weighted by Crippen LogP contribution is -2.52. The number of hydrogen-bond acceptors (Lipinski definition) is 4. The summed E-state index contributed by atoms with van der Waals surface area (Å²) in [5, 5.41) is 5.04. The van der Waals surface area contributed by atoms with Crippen LogP contribution in [0.25, 0.3) is 0 Å². The molecule has 2 heterocycles. The second-order valence-electron chi connectivity index (χ2n) is 4.15. The van der Waals surface area contributed by atoms with Gasteiger partial charge >= 0.3 is 0 Å². The average molecular weight is 289 g/mol. The fourth-order valence-electron chi connectivity index (χ4n) is 1.85. The van der Waals surface area contributed by atoms with E-state index in [9.17, 15) is 13.2 Å². The van der Waals surface area contributed by atoms with Crippen LogP contribution in [0.5, 0.6) is 0 Å². The van der Waals surface area contributed by atoms with E-state index >= 15 is 0 Å². The van der Waals surface area contributed by atoms with Crippen LogP contribution in [0.1, 0.15) is 14.5 Å². The van der Waals surface area contributed by atoms with Gasteiger partial charge in [0.2, 0.25) is 0 Å². The number of carbonyl (C=O) groups excluding carboxylic acids is 1. The Morgan fingerprint density at radius 3 is 2.33 bits per heavy atom. The Hall–Kier alpha value is -0.960. The molecule has 1 aromatic rings. The monoisotopic (exact) mass is 289 g/mol. The van der Waals surface area contributed by atoms with Crippen molar-refractivity contribution in [1.82, 2.24) is 9.21 Å². The van der Waals surface area contributed by atoms with Gasteiger partial charge in [0.05, 0.1) is 4.88 Å². The van der Waals surface area contributed by atoms with Crippen LogP contribution in [0.15, 0.2) is 12.1 Å². The molecule has 0 unspecified atom stereocenters. The number of rotatable bonds is 2. The topological polar surface area (TPSA) is 83.7 Å². The minimum Gasteiger partial charge on any atom is -0.335 e. The van der Waals surface area contributed by atoms with Gasteiger partial charge in [-0.25, -0.2) is 5.14 Å². The Bertz CT molecular complexity index is 544.